The topological polar surface area (TPSA) is 66.5 Å². The van der Waals surface area contributed by atoms with Crippen molar-refractivity contribution in [2.24, 2.45) is 5.92 Å². The van der Waals surface area contributed by atoms with Crippen LogP contribution >= 0.6 is 0 Å². The van der Waals surface area contributed by atoms with Gasteiger partial charge < -0.3 is 4.90 Å². The number of sulfonamides is 1. The van der Waals surface area contributed by atoms with Gasteiger partial charge in [0.25, 0.3) is 0 Å². The first kappa shape index (κ1) is 20.1. The molecule has 0 aromatic heterocycles. The number of carbonyl (C=O) groups is 1. The van der Waals surface area contributed by atoms with Gasteiger partial charge in [-0.1, -0.05) is 54.6 Å². The van der Waals surface area contributed by atoms with Crippen LogP contribution in [0, 0.1) is 5.92 Å². The maximum absolute atomic E-state index is 12.8. The Morgan fingerprint density at radius 3 is 2.45 bits per heavy atom. The second kappa shape index (κ2) is 8.28. The van der Waals surface area contributed by atoms with Crippen LogP contribution < -0.4 is 4.72 Å². The normalized spacial score (nSPS) is 22.0. The highest BCUT2D eigenvalue weighted by molar-refractivity contribution is 7.88. The number of hydrogen-bond acceptors (Lipinski definition) is 3. The minimum absolute atomic E-state index is 0.151. The summed E-state index contributed by atoms with van der Waals surface area (Å²) in [6.07, 6.45) is 5.35. The number of hydrogen-bond donors (Lipinski definition) is 1. The summed E-state index contributed by atoms with van der Waals surface area (Å²) in [7, 11) is -3.33. The van der Waals surface area contributed by atoms with E-state index in [1.807, 2.05) is 29.2 Å². The first-order valence-corrected chi connectivity index (χ1v) is 12.2. The zero-order valence-corrected chi connectivity index (χ0v) is 17.6. The number of nitrogens with one attached hydrogen (secondary N) is 1. The Kier molecular flexibility index (Phi) is 5.74. The third-order valence-corrected chi connectivity index (χ3v) is 6.60. The van der Waals surface area contributed by atoms with Gasteiger partial charge in [-0.15, -0.1) is 0 Å². The fourth-order valence-corrected chi connectivity index (χ4v) is 5.09. The van der Waals surface area contributed by atoms with Gasteiger partial charge in [-0.25, -0.2) is 13.1 Å². The minimum atomic E-state index is -3.33. The summed E-state index contributed by atoms with van der Waals surface area (Å²) >= 11 is 0. The van der Waals surface area contributed by atoms with E-state index in [1.54, 1.807) is 0 Å². The molecule has 154 valence electrons. The summed E-state index contributed by atoms with van der Waals surface area (Å²) in [6, 6.07) is 18.1. The summed E-state index contributed by atoms with van der Waals surface area (Å²) in [5.41, 5.74) is 3.39. The average Bonchev–Trinajstić information content (AvgIpc) is 3.42. The third-order valence-electron chi connectivity index (χ3n) is 5.87. The first-order chi connectivity index (χ1) is 13.9. The summed E-state index contributed by atoms with van der Waals surface area (Å²) in [4.78, 5) is 14.8. The van der Waals surface area contributed by atoms with Gasteiger partial charge in [0.15, 0.2) is 0 Å². The van der Waals surface area contributed by atoms with Gasteiger partial charge in [0.1, 0.15) is 0 Å². The molecule has 5 nitrogen and oxygen atoms in total. The van der Waals surface area contributed by atoms with Crippen molar-refractivity contribution >= 4 is 15.9 Å². The van der Waals surface area contributed by atoms with Crippen molar-refractivity contribution in [1.29, 1.82) is 0 Å². The standard InChI is InChI=1S/C23H28N2O3S/c1-29(27,28)24-21-12-13-25(23(26)16-17-10-11-17)22(21)15-18-6-5-9-20(14-18)19-7-3-2-4-8-19/h2-9,14,17,21-22,24H,10-13,15-16H2,1H3. The molecular formula is C23H28N2O3S. The van der Waals surface area contributed by atoms with E-state index in [0.717, 1.165) is 29.5 Å². The van der Waals surface area contributed by atoms with Crippen LogP contribution in [0.15, 0.2) is 54.6 Å². The van der Waals surface area contributed by atoms with Crippen LogP contribution in [0.4, 0.5) is 0 Å². The van der Waals surface area contributed by atoms with Crippen molar-refractivity contribution in [1.82, 2.24) is 9.62 Å². The predicted octanol–water partition coefficient (Wildman–Crippen LogP) is 3.21. The van der Waals surface area contributed by atoms with E-state index < -0.39 is 10.0 Å². The van der Waals surface area contributed by atoms with E-state index in [-0.39, 0.29) is 18.0 Å². The molecule has 1 heterocycles. The maximum Gasteiger partial charge on any atom is 0.223 e. The van der Waals surface area contributed by atoms with Crippen molar-refractivity contribution in [2.75, 3.05) is 12.8 Å². The molecule has 2 unspecified atom stereocenters. The molecule has 2 atom stereocenters. The Bertz CT molecular complexity index is 971. The average molecular weight is 413 g/mol. The zero-order chi connectivity index (χ0) is 20.4. The molecule has 1 saturated carbocycles. The maximum atomic E-state index is 12.8. The Labute approximate surface area is 173 Å². The van der Waals surface area contributed by atoms with Crippen LogP contribution in [0.5, 0.6) is 0 Å². The minimum Gasteiger partial charge on any atom is -0.338 e. The molecule has 1 aliphatic heterocycles. The molecule has 4 rings (SSSR count). The SMILES string of the molecule is CS(=O)(=O)NC1CCN(C(=O)CC2CC2)C1Cc1cccc(-c2ccccc2)c1. The Hall–Kier alpha value is -2.18. The first-order valence-electron chi connectivity index (χ1n) is 10.3. The van der Waals surface area contributed by atoms with Crippen molar-refractivity contribution in [3.8, 4) is 11.1 Å². The van der Waals surface area contributed by atoms with Crippen molar-refractivity contribution in [3.05, 3.63) is 60.2 Å². The summed E-state index contributed by atoms with van der Waals surface area (Å²) in [6.45, 7) is 0.613. The van der Waals surface area contributed by atoms with Crippen molar-refractivity contribution in [3.63, 3.8) is 0 Å². The van der Waals surface area contributed by atoms with Gasteiger partial charge in [0.05, 0.1) is 12.3 Å². The molecule has 1 saturated heterocycles. The molecular weight excluding hydrogens is 384 g/mol. The van der Waals surface area contributed by atoms with E-state index in [2.05, 4.69) is 35.1 Å². The third kappa shape index (κ3) is 5.25. The fraction of sp³-hybridized carbons (Fsp3) is 0.435. The molecule has 0 spiro atoms. The van der Waals surface area contributed by atoms with Gasteiger partial charge in [0.2, 0.25) is 15.9 Å². The van der Waals surface area contributed by atoms with Gasteiger partial charge in [-0.3, -0.25) is 4.79 Å². The lowest BCUT2D eigenvalue weighted by Crippen LogP contribution is -2.47. The molecule has 1 aliphatic carbocycles. The molecule has 29 heavy (non-hydrogen) atoms. The highest BCUT2D eigenvalue weighted by atomic mass is 32.2. The summed E-state index contributed by atoms with van der Waals surface area (Å²) in [5, 5.41) is 0. The number of likely N-dealkylation sites (tertiary alicyclic amines) is 1. The highest BCUT2D eigenvalue weighted by Gasteiger charge is 2.39. The number of benzene rings is 2. The van der Waals surface area contributed by atoms with Crippen LogP contribution in [-0.2, 0) is 21.2 Å². The largest absolute Gasteiger partial charge is 0.338 e. The van der Waals surface area contributed by atoms with E-state index in [9.17, 15) is 13.2 Å². The molecule has 1 amide bonds. The van der Waals surface area contributed by atoms with Crippen LogP contribution in [0.2, 0.25) is 0 Å². The second-order valence-corrected chi connectivity index (χ2v) is 10.1. The Balaban J connectivity index is 1.57. The molecule has 2 aromatic carbocycles. The van der Waals surface area contributed by atoms with Gasteiger partial charge >= 0.3 is 0 Å². The number of rotatable bonds is 7. The quantitative estimate of drug-likeness (QED) is 0.759. The van der Waals surface area contributed by atoms with E-state index in [1.165, 1.54) is 6.26 Å². The van der Waals surface area contributed by atoms with Crippen LogP contribution in [0.1, 0.15) is 31.2 Å². The van der Waals surface area contributed by atoms with Gasteiger partial charge in [-0.05, 0) is 48.3 Å². The van der Waals surface area contributed by atoms with Gasteiger partial charge in [0, 0.05) is 19.0 Å². The molecule has 2 fully saturated rings. The van der Waals surface area contributed by atoms with Crippen LogP contribution in [-0.4, -0.2) is 44.1 Å². The highest BCUT2D eigenvalue weighted by Crippen LogP contribution is 2.34. The molecule has 6 heteroatoms. The van der Waals surface area contributed by atoms with Crippen LogP contribution in [0.25, 0.3) is 11.1 Å². The smallest absolute Gasteiger partial charge is 0.223 e. The number of carbonyl (C=O) groups excluding carboxylic acids is 1. The fourth-order valence-electron chi connectivity index (χ4n) is 4.26. The predicted molar refractivity (Wildman–Crippen MR) is 115 cm³/mol. The van der Waals surface area contributed by atoms with Crippen molar-refractivity contribution in [2.45, 2.75) is 44.2 Å². The lowest BCUT2D eigenvalue weighted by molar-refractivity contribution is -0.132. The Morgan fingerprint density at radius 1 is 1.03 bits per heavy atom. The Morgan fingerprint density at radius 2 is 1.76 bits per heavy atom. The van der Waals surface area contributed by atoms with Gasteiger partial charge in [-0.2, -0.15) is 0 Å². The number of nitrogens with zero attached hydrogens (tertiary/aromatic N) is 1. The monoisotopic (exact) mass is 412 g/mol. The second-order valence-electron chi connectivity index (χ2n) is 8.36. The molecule has 1 N–H and O–H groups in total. The number of amides is 1. The van der Waals surface area contributed by atoms with E-state index in [0.29, 0.717) is 31.7 Å². The van der Waals surface area contributed by atoms with E-state index in [4.69, 9.17) is 0 Å². The van der Waals surface area contributed by atoms with E-state index >= 15 is 0 Å². The molecule has 0 bridgehead atoms. The molecule has 0 radical (unpaired) electrons. The summed E-state index contributed by atoms with van der Waals surface area (Å²) < 4.78 is 26.5. The molecule has 2 aromatic rings. The zero-order valence-electron chi connectivity index (χ0n) is 16.8. The van der Waals surface area contributed by atoms with Crippen molar-refractivity contribution < 1.29 is 13.2 Å². The lowest BCUT2D eigenvalue weighted by atomic mass is 9.97. The lowest BCUT2D eigenvalue weighted by Gasteiger charge is -2.29. The van der Waals surface area contributed by atoms with Crippen LogP contribution in [0.3, 0.4) is 0 Å². The summed E-state index contributed by atoms with van der Waals surface area (Å²) in [5.74, 6) is 0.681. The molecule has 2 aliphatic rings.